The summed E-state index contributed by atoms with van der Waals surface area (Å²) in [4.78, 5) is 11.9. The predicted octanol–water partition coefficient (Wildman–Crippen LogP) is 2.14. The molecular formula is C11H11F3N2O3. The van der Waals surface area contributed by atoms with Gasteiger partial charge in [0.25, 0.3) is 0 Å². The summed E-state index contributed by atoms with van der Waals surface area (Å²) in [5.74, 6) is -1.13. The molecule has 0 saturated heterocycles. The van der Waals surface area contributed by atoms with Gasteiger partial charge in [-0.2, -0.15) is 13.2 Å². The number of hydrogen-bond acceptors (Lipinski definition) is 4. The summed E-state index contributed by atoms with van der Waals surface area (Å²) in [6, 6.07) is 2.54. The van der Waals surface area contributed by atoms with Crippen molar-refractivity contribution in [2.24, 2.45) is 0 Å². The van der Waals surface area contributed by atoms with Crippen molar-refractivity contribution in [3.05, 3.63) is 17.7 Å². The first-order chi connectivity index (χ1) is 8.77. The van der Waals surface area contributed by atoms with Crippen LogP contribution in [0.15, 0.2) is 12.1 Å². The van der Waals surface area contributed by atoms with Crippen molar-refractivity contribution < 1.29 is 27.8 Å². The second-order valence-electron chi connectivity index (χ2n) is 4.04. The van der Waals surface area contributed by atoms with E-state index in [2.05, 4.69) is 5.32 Å². The first kappa shape index (κ1) is 13.3. The van der Waals surface area contributed by atoms with Gasteiger partial charge in [-0.15, -0.1) is 0 Å². The number of carboxylic acid groups (broad SMARTS) is 1. The Kier molecular flexibility index (Phi) is 2.95. The van der Waals surface area contributed by atoms with Crippen molar-refractivity contribution >= 4 is 17.3 Å². The molecule has 1 aliphatic heterocycles. The van der Waals surface area contributed by atoms with Crippen molar-refractivity contribution in [1.82, 2.24) is 0 Å². The highest BCUT2D eigenvalue weighted by molar-refractivity contribution is 6.01. The molecule has 2 N–H and O–H groups in total. The van der Waals surface area contributed by atoms with Gasteiger partial charge in [-0.05, 0) is 12.1 Å². The number of carbonyl (C=O) groups is 1. The maximum absolute atomic E-state index is 12.9. The van der Waals surface area contributed by atoms with Crippen molar-refractivity contribution in [3.63, 3.8) is 0 Å². The van der Waals surface area contributed by atoms with Crippen LogP contribution in [0, 0.1) is 0 Å². The summed E-state index contributed by atoms with van der Waals surface area (Å²) in [6.45, 7) is 0. The van der Waals surface area contributed by atoms with Gasteiger partial charge in [0, 0.05) is 7.05 Å². The maximum atomic E-state index is 12.9. The molecule has 19 heavy (non-hydrogen) atoms. The van der Waals surface area contributed by atoms with Gasteiger partial charge >= 0.3 is 12.1 Å². The molecule has 0 fully saturated rings. The van der Waals surface area contributed by atoms with E-state index in [9.17, 15) is 18.0 Å². The van der Waals surface area contributed by atoms with Gasteiger partial charge in [0.1, 0.15) is 11.4 Å². The standard InChI is InChI=1S/C11H11F3N2O3/c1-16-8-5(9(17)18)3-4-6(19-2)7(8)15-10(16)11(12,13)14/h3-4,10,15H,1-2H3,(H,17,18). The molecule has 0 bridgehead atoms. The Morgan fingerprint density at radius 2 is 2.11 bits per heavy atom. The summed E-state index contributed by atoms with van der Waals surface area (Å²) in [5.41, 5.74) is -0.209. The minimum absolute atomic E-state index is 0.0332. The number of aromatic carboxylic acids is 1. The van der Waals surface area contributed by atoms with E-state index in [0.29, 0.717) is 0 Å². The summed E-state index contributed by atoms with van der Waals surface area (Å²) in [7, 11) is 2.49. The molecule has 1 aromatic rings. The fraction of sp³-hybridized carbons (Fsp3) is 0.364. The summed E-state index contributed by atoms with van der Waals surface area (Å²) in [6.07, 6.45) is -6.51. The van der Waals surface area contributed by atoms with Crippen molar-refractivity contribution in [1.29, 1.82) is 0 Å². The van der Waals surface area contributed by atoms with Crippen LogP contribution in [0.5, 0.6) is 5.75 Å². The number of nitrogens with one attached hydrogen (secondary N) is 1. The van der Waals surface area contributed by atoms with Crippen LogP contribution in [0.4, 0.5) is 24.5 Å². The molecule has 1 aliphatic rings. The number of benzene rings is 1. The van der Waals surface area contributed by atoms with Crippen LogP contribution in [0.2, 0.25) is 0 Å². The topological polar surface area (TPSA) is 61.8 Å². The number of alkyl halides is 3. The van der Waals surface area contributed by atoms with Crippen LogP contribution in [-0.4, -0.2) is 37.6 Å². The lowest BCUT2D eigenvalue weighted by atomic mass is 10.1. The van der Waals surface area contributed by atoms with Gasteiger partial charge in [0.15, 0.2) is 6.17 Å². The Balaban J connectivity index is 2.59. The zero-order valence-electron chi connectivity index (χ0n) is 10.1. The predicted molar refractivity (Wildman–Crippen MR) is 61.8 cm³/mol. The second-order valence-corrected chi connectivity index (χ2v) is 4.04. The smallest absolute Gasteiger partial charge is 0.427 e. The number of nitrogens with zero attached hydrogens (tertiary/aromatic N) is 1. The lowest BCUT2D eigenvalue weighted by Crippen LogP contribution is -2.45. The largest absolute Gasteiger partial charge is 0.495 e. The highest BCUT2D eigenvalue weighted by atomic mass is 19.4. The van der Waals surface area contributed by atoms with E-state index in [1.165, 1.54) is 26.3 Å². The van der Waals surface area contributed by atoms with E-state index in [1.807, 2.05) is 0 Å². The Morgan fingerprint density at radius 3 is 2.58 bits per heavy atom. The van der Waals surface area contributed by atoms with Crippen LogP contribution in [-0.2, 0) is 0 Å². The van der Waals surface area contributed by atoms with Crippen molar-refractivity contribution in [2.75, 3.05) is 24.4 Å². The highest BCUT2D eigenvalue weighted by Gasteiger charge is 2.48. The molecule has 1 aromatic carbocycles. The van der Waals surface area contributed by atoms with Crippen LogP contribution in [0.3, 0.4) is 0 Å². The Morgan fingerprint density at radius 1 is 1.47 bits per heavy atom. The normalized spacial score (nSPS) is 17.9. The molecule has 8 heteroatoms. The van der Waals surface area contributed by atoms with E-state index >= 15 is 0 Å². The highest BCUT2D eigenvalue weighted by Crippen LogP contribution is 2.46. The SMILES string of the molecule is COc1ccc(C(=O)O)c2c1NC(C(F)(F)F)N2C. The van der Waals surface area contributed by atoms with Crippen LogP contribution < -0.4 is 15.0 Å². The number of fused-ring (bicyclic) bond motifs is 1. The van der Waals surface area contributed by atoms with E-state index in [1.54, 1.807) is 0 Å². The molecule has 0 spiro atoms. The monoisotopic (exact) mass is 276 g/mol. The van der Waals surface area contributed by atoms with E-state index in [-0.39, 0.29) is 22.7 Å². The molecule has 5 nitrogen and oxygen atoms in total. The van der Waals surface area contributed by atoms with Gasteiger partial charge < -0.3 is 20.1 Å². The molecule has 0 radical (unpaired) electrons. The van der Waals surface area contributed by atoms with E-state index in [0.717, 1.165) is 4.90 Å². The van der Waals surface area contributed by atoms with Gasteiger partial charge in [0.2, 0.25) is 0 Å². The Bertz CT molecular complexity index is 531. The molecule has 0 amide bonds. The number of rotatable bonds is 2. The third kappa shape index (κ3) is 2.02. The third-order valence-corrected chi connectivity index (χ3v) is 2.92. The van der Waals surface area contributed by atoms with Crippen LogP contribution >= 0.6 is 0 Å². The average Bonchev–Trinajstić information content (AvgIpc) is 2.66. The average molecular weight is 276 g/mol. The Hall–Kier alpha value is -2.12. The lowest BCUT2D eigenvalue weighted by molar-refractivity contribution is -0.140. The molecule has 1 unspecified atom stereocenters. The second kappa shape index (κ2) is 4.22. The molecule has 1 atom stereocenters. The fourth-order valence-corrected chi connectivity index (χ4v) is 2.09. The minimum Gasteiger partial charge on any atom is -0.495 e. The maximum Gasteiger partial charge on any atom is 0.427 e. The number of halogens is 3. The number of carboxylic acids is 1. The molecule has 0 aliphatic carbocycles. The molecule has 0 aromatic heterocycles. The third-order valence-electron chi connectivity index (χ3n) is 2.92. The van der Waals surface area contributed by atoms with Crippen molar-refractivity contribution in [3.8, 4) is 5.75 Å². The number of anilines is 2. The summed E-state index contributed by atoms with van der Waals surface area (Å²) >= 11 is 0. The van der Waals surface area contributed by atoms with Gasteiger partial charge in [-0.1, -0.05) is 0 Å². The minimum atomic E-state index is -4.53. The van der Waals surface area contributed by atoms with E-state index in [4.69, 9.17) is 9.84 Å². The zero-order chi connectivity index (χ0) is 14.4. The number of methoxy groups -OCH3 is 1. The van der Waals surface area contributed by atoms with E-state index < -0.39 is 18.3 Å². The van der Waals surface area contributed by atoms with Crippen molar-refractivity contribution in [2.45, 2.75) is 12.3 Å². The molecular weight excluding hydrogens is 265 g/mol. The number of hydrogen-bond donors (Lipinski definition) is 2. The number of ether oxygens (including phenoxy) is 1. The molecule has 0 saturated carbocycles. The first-order valence-corrected chi connectivity index (χ1v) is 5.27. The Labute approximate surface area is 106 Å². The van der Waals surface area contributed by atoms with Gasteiger partial charge in [-0.3, -0.25) is 0 Å². The zero-order valence-corrected chi connectivity index (χ0v) is 10.1. The molecule has 1 heterocycles. The molecule has 104 valence electrons. The van der Waals surface area contributed by atoms with Crippen LogP contribution in [0.25, 0.3) is 0 Å². The van der Waals surface area contributed by atoms with Gasteiger partial charge in [0.05, 0.1) is 18.4 Å². The fourth-order valence-electron chi connectivity index (χ4n) is 2.09. The first-order valence-electron chi connectivity index (χ1n) is 5.27. The summed E-state index contributed by atoms with van der Waals surface area (Å²) in [5, 5.41) is 11.3. The molecule has 2 rings (SSSR count). The van der Waals surface area contributed by atoms with Gasteiger partial charge in [-0.25, -0.2) is 4.79 Å². The van der Waals surface area contributed by atoms with Crippen LogP contribution in [0.1, 0.15) is 10.4 Å². The summed E-state index contributed by atoms with van der Waals surface area (Å²) < 4.78 is 43.5. The quantitative estimate of drug-likeness (QED) is 0.866. The lowest BCUT2D eigenvalue weighted by Gasteiger charge is -2.24.